The van der Waals surface area contributed by atoms with Crippen LogP contribution in [0.25, 0.3) is 0 Å². The van der Waals surface area contributed by atoms with E-state index in [2.05, 4.69) is 13.8 Å². The number of rotatable bonds is 37. The summed E-state index contributed by atoms with van der Waals surface area (Å²) >= 11 is 0. The molecule has 0 aromatic heterocycles. The highest BCUT2D eigenvalue weighted by atomic mass is 31.2. The molecule has 0 saturated heterocycles. The van der Waals surface area contributed by atoms with E-state index in [9.17, 15) is 28.7 Å². The second-order valence-electron chi connectivity index (χ2n) is 14.2. The predicted molar refractivity (Wildman–Crippen MR) is 199 cm³/mol. The molecule has 0 aliphatic rings. The van der Waals surface area contributed by atoms with Gasteiger partial charge in [-0.1, -0.05) is 206 Å². The lowest BCUT2D eigenvalue weighted by molar-refractivity contribution is 0.217. The van der Waals surface area contributed by atoms with Crippen LogP contribution in [-0.4, -0.2) is 43.1 Å². The van der Waals surface area contributed by atoms with Gasteiger partial charge in [-0.05, 0) is 25.9 Å². The number of nitrogens with zero attached hydrogens (tertiary/aromatic N) is 1. The minimum atomic E-state index is -4.97. The van der Waals surface area contributed by atoms with Crippen molar-refractivity contribution in [2.45, 2.75) is 225 Å². The molecule has 0 rings (SSSR count). The minimum Gasteiger partial charge on any atom is -0.323 e. The van der Waals surface area contributed by atoms with E-state index in [0.29, 0.717) is 25.9 Å². The number of unbranched alkanes of at least 4 members (excludes halogenated alkanes) is 30. The maximum absolute atomic E-state index is 12.1. The summed E-state index contributed by atoms with van der Waals surface area (Å²) in [4.78, 5) is 40.7. The molecule has 0 aliphatic heterocycles. The first-order valence-corrected chi connectivity index (χ1v) is 23.3. The zero-order valence-corrected chi connectivity index (χ0v) is 32.4. The third kappa shape index (κ3) is 30.3. The summed E-state index contributed by atoms with van der Waals surface area (Å²) in [5.74, 6) is 0. The van der Waals surface area contributed by atoms with Crippen LogP contribution < -0.4 is 0 Å². The maximum Gasteiger partial charge on any atom is 0.354 e. The zero-order valence-electron chi connectivity index (χ0n) is 30.6. The fourth-order valence-electron chi connectivity index (χ4n) is 6.69. The van der Waals surface area contributed by atoms with E-state index in [-0.39, 0.29) is 0 Å². The van der Waals surface area contributed by atoms with Crippen LogP contribution in [0.4, 0.5) is 0 Å². The molecule has 0 atom stereocenters. The van der Waals surface area contributed by atoms with Gasteiger partial charge in [-0.3, -0.25) is 14.0 Å². The monoisotopic (exact) mass is 696 g/mol. The molecule has 0 aromatic rings. The Morgan fingerprint density at radius 1 is 0.348 bits per heavy atom. The van der Waals surface area contributed by atoms with Gasteiger partial charge in [-0.15, -0.1) is 0 Å². The molecule has 0 fully saturated rings. The van der Waals surface area contributed by atoms with Gasteiger partial charge in [0, 0.05) is 0 Å². The molecule has 0 spiro atoms. The molecule has 278 valence electrons. The first-order valence-electron chi connectivity index (χ1n) is 20.0. The molecule has 0 radical (unpaired) electrons. The van der Waals surface area contributed by atoms with Crippen molar-refractivity contribution in [3.63, 3.8) is 0 Å². The van der Waals surface area contributed by atoms with Gasteiger partial charge in [-0.2, -0.15) is 0 Å². The summed E-state index contributed by atoms with van der Waals surface area (Å²) < 4.78 is 24.2. The van der Waals surface area contributed by atoms with Gasteiger partial charge in [-0.25, -0.2) is 0 Å². The van der Waals surface area contributed by atoms with Crippen LogP contribution in [0.5, 0.6) is 0 Å². The molecule has 0 aliphatic carbocycles. The summed E-state index contributed by atoms with van der Waals surface area (Å²) in [5.41, 5.74) is -2.02. The summed E-state index contributed by atoms with van der Waals surface area (Å²) in [6, 6.07) is 0. The Balaban J connectivity index is 4.06. The molecule has 0 heterocycles. The molecule has 0 amide bonds. The van der Waals surface area contributed by atoms with Crippen molar-refractivity contribution in [3.05, 3.63) is 0 Å². The Morgan fingerprint density at radius 2 is 0.522 bits per heavy atom. The summed E-state index contributed by atoms with van der Waals surface area (Å²) in [6.07, 6.45) is 39.8. The average molecular weight is 696 g/mol. The topological polar surface area (TPSA) is 118 Å². The third-order valence-electron chi connectivity index (χ3n) is 9.53. The lowest BCUT2D eigenvalue weighted by Crippen LogP contribution is -2.36. The second-order valence-corrected chi connectivity index (χ2v) is 17.9. The second kappa shape index (κ2) is 32.5. The van der Waals surface area contributed by atoms with E-state index in [4.69, 9.17) is 0 Å². The van der Waals surface area contributed by atoms with Crippen LogP contribution in [0.15, 0.2) is 0 Å². The quantitative estimate of drug-likeness (QED) is 0.0377. The van der Waals surface area contributed by atoms with Gasteiger partial charge in [0.2, 0.25) is 5.52 Å². The third-order valence-corrected chi connectivity index (χ3v) is 13.2. The molecule has 0 saturated carbocycles. The van der Waals surface area contributed by atoms with E-state index in [0.717, 1.165) is 38.5 Å². The van der Waals surface area contributed by atoms with E-state index in [1.165, 1.54) is 159 Å². The Morgan fingerprint density at radius 3 is 0.696 bits per heavy atom. The van der Waals surface area contributed by atoms with Crippen LogP contribution in [0.3, 0.4) is 0 Å². The van der Waals surface area contributed by atoms with Gasteiger partial charge < -0.3 is 19.6 Å². The van der Waals surface area contributed by atoms with E-state index >= 15 is 0 Å². The van der Waals surface area contributed by atoms with Crippen LogP contribution in [0, 0.1) is 0 Å². The molecule has 4 N–H and O–H groups in total. The zero-order chi connectivity index (χ0) is 34.2. The Labute approximate surface area is 286 Å². The van der Waals surface area contributed by atoms with Gasteiger partial charge in [0.15, 0.2) is 0 Å². The van der Waals surface area contributed by atoms with Crippen LogP contribution in [-0.2, 0) is 9.13 Å². The van der Waals surface area contributed by atoms with Crippen molar-refractivity contribution < 1.29 is 28.7 Å². The van der Waals surface area contributed by atoms with Crippen molar-refractivity contribution in [1.29, 1.82) is 0 Å². The van der Waals surface area contributed by atoms with Crippen LogP contribution >= 0.6 is 15.2 Å². The summed E-state index contributed by atoms with van der Waals surface area (Å²) in [7, 11) is -9.95. The predicted octanol–water partition coefficient (Wildman–Crippen LogP) is 12.5. The average Bonchev–Trinajstić information content (AvgIpc) is 2.99. The van der Waals surface area contributed by atoms with E-state index in [1.807, 2.05) is 0 Å². The van der Waals surface area contributed by atoms with Crippen LogP contribution in [0.2, 0.25) is 0 Å². The molecular weight excluding hydrogens is 616 g/mol. The van der Waals surface area contributed by atoms with Gasteiger partial charge in [0.25, 0.3) is 0 Å². The minimum absolute atomic E-state index is 0.318. The van der Waals surface area contributed by atoms with Crippen molar-refractivity contribution in [1.82, 2.24) is 4.90 Å². The largest absolute Gasteiger partial charge is 0.354 e. The van der Waals surface area contributed by atoms with Gasteiger partial charge >= 0.3 is 15.2 Å². The molecule has 46 heavy (non-hydrogen) atoms. The molecule has 0 bridgehead atoms. The SMILES string of the molecule is CCCCCCCCCCCCCCCCCCN(CCCCCCCCCCCCCCCCCC)C(P(=O)(O)O)P(=O)(O)O. The highest BCUT2D eigenvalue weighted by Crippen LogP contribution is 2.61. The Bertz CT molecular complexity index is 671. The number of hydrogen-bond donors (Lipinski definition) is 4. The molecule has 0 aromatic carbocycles. The highest BCUT2D eigenvalue weighted by Gasteiger charge is 2.47. The molecule has 9 heteroatoms. The Kier molecular flexibility index (Phi) is 32.6. The van der Waals surface area contributed by atoms with Gasteiger partial charge in [0.1, 0.15) is 0 Å². The van der Waals surface area contributed by atoms with Crippen LogP contribution in [0.1, 0.15) is 219 Å². The standard InChI is InChI=1S/C37H79NO6P2/c1-3-5-7-9-11-13-15-17-19-21-23-25-27-29-31-33-35-38(37(45(39,40)41)46(42,43)44)36-34-32-30-28-26-24-22-20-18-16-14-12-10-8-6-4-2/h37H,3-36H2,1-2H3,(H2,39,40,41)(H2,42,43,44). The summed E-state index contributed by atoms with van der Waals surface area (Å²) in [6.45, 7) is 5.16. The maximum atomic E-state index is 12.1. The van der Waals surface area contributed by atoms with E-state index in [1.54, 1.807) is 0 Å². The van der Waals surface area contributed by atoms with Gasteiger partial charge in [0.05, 0.1) is 0 Å². The smallest absolute Gasteiger partial charge is 0.323 e. The van der Waals surface area contributed by atoms with Crippen molar-refractivity contribution in [3.8, 4) is 0 Å². The highest BCUT2D eigenvalue weighted by molar-refractivity contribution is 7.70. The molecular formula is C37H79NO6P2. The molecule has 0 unspecified atom stereocenters. The van der Waals surface area contributed by atoms with E-state index < -0.39 is 20.7 Å². The Hall–Kier alpha value is 0.260. The first-order chi connectivity index (χ1) is 22.1. The van der Waals surface area contributed by atoms with Crippen molar-refractivity contribution in [2.75, 3.05) is 13.1 Å². The lowest BCUT2D eigenvalue weighted by atomic mass is 10.0. The fourth-order valence-corrected chi connectivity index (χ4v) is 9.57. The lowest BCUT2D eigenvalue weighted by Gasteiger charge is -2.32. The first kappa shape index (κ1) is 46.3. The number of hydrogen-bond acceptors (Lipinski definition) is 3. The van der Waals surface area contributed by atoms with Crippen molar-refractivity contribution >= 4 is 15.2 Å². The van der Waals surface area contributed by atoms with Crippen molar-refractivity contribution in [2.24, 2.45) is 0 Å². The normalized spacial score (nSPS) is 12.6. The summed E-state index contributed by atoms with van der Waals surface area (Å²) in [5, 5.41) is 0. The molecule has 7 nitrogen and oxygen atoms in total. The fraction of sp³-hybridized carbons (Fsp3) is 1.00.